The van der Waals surface area contributed by atoms with Crippen molar-refractivity contribution in [3.63, 3.8) is 0 Å². The fourth-order valence-corrected chi connectivity index (χ4v) is 6.73. The summed E-state index contributed by atoms with van der Waals surface area (Å²) < 4.78 is 11.1. The van der Waals surface area contributed by atoms with Crippen LogP contribution in [-0.2, 0) is 13.0 Å². The molecular formula is C38H46N2O3. The number of aryl methyl sites for hydroxylation is 1. The molecular weight excluding hydrogens is 532 g/mol. The highest BCUT2D eigenvalue weighted by atomic mass is 16.7. The van der Waals surface area contributed by atoms with Crippen molar-refractivity contribution in [1.29, 1.82) is 0 Å². The zero-order chi connectivity index (χ0) is 29.4. The van der Waals surface area contributed by atoms with Crippen molar-refractivity contribution in [3.05, 3.63) is 95.1 Å². The number of nitrogens with zero attached hydrogens (tertiary/aromatic N) is 2. The summed E-state index contributed by atoms with van der Waals surface area (Å²) in [5.74, 6) is 1.74. The van der Waals surface area contributed by atoms with Crippen LogP contribution in [0.15, 0.2) is 78.4 Å². The van der Waals surface area contributed by atoms with Gasteiger partial charge in [0.15, 0.2) is 11.5 Å². The van der Waals surface area contributed by atoms with E-state index in [0.29, 0.717) is 6.54 Å². The quantitative estimate of drug-likeness (QED) is 0.169. The molecule has 3 aliphatic rings. The molecule has 2 aliphatic heterocycles. The van der Waals surface area contributed by atoms with Crippen LogP contribution >= 0.6 is 0 Å². The molecule has 0 N–H and O–H groups in total. The number of rotatable bonds is 11. The first-order valence-corrected chi connectivity index (χ1v) is 16.5. The number of benzene rings is 3. The van der Waals surface area contributed by atoms with Crippen LogP contribution < -0.4 is 9.47 Å². The Hall–Kier alpha value is -3.57. The molecule has 3 aromatic carbocycles. The van der Waals surface area contributed by atoms with Gasteiger partial charge in [-0.2, -0.15) is 0 Å². The van der Waals surface area contributed by atoms with Gasteiger partial charge in [0.2, 0.25) is 6.79 Å². The molecule has 1 saturated heterocycles. The molecule has 0 spiro atoms. The summed E-state index contributed by atoms with van der Waals surface area (Å²) in [6.07, 6.45) is 14.4. The Morgan fingerprint density at radius 3 is 2.35 bits per heavy atom. The lowest BCUT2D eigenvalue weighted by molar-refractivity contribution is 0.0556. The molecule has 0 aromatic heterocycles. The van der Waals surface area contributed by atoms with E-state index in [2.05, 4.69) is 65.3 Å². The number of fused-ring (bicyclic) bond motifs is 1. The largest absolute Gasteiger partial charge is 0.454 e. The summed E-state index contributed by atoms with van der Waals surface area (Å²) >= 11 is 0. The smallest absolute Gasteiger partial charge is 0.254 e. The van der Waals surface area contributed by atoms with Crippen LogP contribution in [-0.4, -0.2) is 48.2 Å². The number of likely N-dealkylation sites (tertiary alicyclic amines) is 1. The summed E-state index contributed by atoms with van der Waals surface area (Å²) in [6.45, 7) is 6.32. The number of amides is 1. The normalized spacial score (nSPS) is 17.1. The molecule has 1 aliphatic carbocycles. The van der Waals surface area contributed by atoms with E-state index in [1.807, 2.05) is 24.3 Å². The van der Waals surface area contributed by atoms with Gasteiger partial charge in [-0.15, -0.1) is 0 Å². The maximum absolute atomic E-state index is 14.1. The second-order valence-electron chi connectivity index (χ2n) is 12.5. The number of piperidine rings is 1. The first-order chi connectivity index (χ1) is 21.2. The van der Waals surface area contributed by atoms with Crippen LogP contribution in [0.25, 0.3) is 11.1 Å². The lowest BCUT2D eigenvalue weighted by atomic mass is 9.96. The Kier molecular flexibility index (Phi) is 9.79. The van der Waals surface area contributed by atoms with Crippen LogP contribution in [0, 0.1) is 0 Å². The summed E-state index contributed by atoms with van der Waals surface area (Å²) in [6, 6.07) is 23.4. The van der Waals surface area contributed by atoms with Crippen molar-refractivity contribution in [2.45, 2.75) is 83.7 Å². The van der Waals surface area contributed by atoms with E-state index in [9.17, 15) is 4.79 Å². The van der Waals surface area contributed by atoms with Gasteiger partial charge in [0, 0.05) is 37.8 Å². The molecule has 6 rings (SSSR count). The third-order valence-electron chi connectivity index (χ3n) is 9.35. The lowest BCUT2D eigenvalue weighted by Gasteiger charge is -2.39. The van der Waals surface area contributed by atoms with E-state index >= 15 is 0 Å². The van der Waals surface area contributed by atoms with Crippen LogP contribution in [0.2, 0.25) is 0 Å². The summed E-state index contributed by atoms with van der Waals surface area (Å²) in [4.78, 5) is 18.8. The number of carbonyl (C=O) groups excluding carboxylic acids is 1. The Bertz CT molecular complexity index is 1390. The predicted molar refractivity (Wildman–Crippen MR) is 174 cm³/mol. The number of unbranched alkanes of at least 4 members (excludes halogenated alkanes) is 2. The molecule has 5 heteroatoms. The van der Waals surface area contributed by atoms with Crippen molar-refractivity contribution >= 4 is 5.91 Å². The van der Waals surface area contributed by atoms with Gasteiger partial charge >= 0.3 is 0 Å². The van der Waals surface area contributed by atoms with Gasteiger partial charge in [-0.1, -0.05) is 73.9 Å². The molecule has 0 bridgehead atoms. The van der Waals surface area contributed by atoms with Crippen molar-refractivity contribution in [2.75, 3.05) is 26.4 Å². The molecule has 0 atom stereocenters. The molecule has 1 fully saturated rings. The van der Waals surface area contributed by atoms with E-state index in [4.69, 9.17) is 9.47 Å². The summed E-state index contributed by atoms with van der Waals surface area (Å²) in [5, 5.41) is 0. The Labute approximate surface area is 257 Å². The minimum absolute atomic E-state index is 0.147. The molecule has 3 aromatic rings. The highest BCUT2D eigenvalue weighted by Gasteiger charge is 2.29. The SMILES string of the molecule is CCCCCc1ccc(C(=O)N(Cc2ccc(-c3ccc4c(c3)OCO4)cc2)C2CCN(CC3=CCCCC3)CC2)cc1. The van der Waals surface area contributed by atoms with Crippen LogP contribution in [0.4, 0.5) is 0 Å². The number of hydrogen-bond donors (Lipinski definition) is 0. The minimum Gasteiger partial charge on any atom is -0.454 e. The van der Waals surface area contributed by atoms with E-state index in [1.54, 1.807) is 5.57 Å². The average molecular weight is 579 g/mol. The van der Waals surface area contributed by atoms with Gasteiger partial charge in [0.05, 0.1) is 0 Å². The maximum Gasteiger partial charge on any atom is 0.254 e. The third-order valence-corrected chi connectivity index (χ3v) is 9.35. The van der Waals surface area contributed by atoms with Gasteiger partial charge in [0.1, 0.15) is 0 Å². The molecule has 43 heavy (non-hydrogen) atoms. The standard InChI is InChI=1S/C38H46N2O3/c1-2-3-5-8-29-11-17-33(18-12-29)38(41)40(35-21-23-39(24-22-35)26-30-9-6-4-7-10-30)27-31-13-15-32(16-14-31)34-19-20-36-37(25-34)43-28-42-36/h9,11-20,25,35H,2-8,10,21-24,26-28H2,1H3. The summed E-state index contributed by atoms with van der Waals surface area (Å²) in [7, 11) is 0. The van der Waals surface area contributed by atoms with Crippen molar-refractivity contribution in [2.24, 2.45) is 0 Å². The first kappa shape index (κ1) is 29.5. The van der Waals surface area contributed by atoms with Gasteiger partial charge in [0.25, 0.3) is 5.91 Å². The number of hydrogen-bond acceptors (Lipinski definition) is 4. The van der Waals surface area contributed by atoms with Gasteiger partial charge in [-0.05, 0) is 97.9 Å². The molecule has 1 amide bonds. The molecule has 226 valence electrons. The van der Waals surface area contributed by atoms with E-state index in [-0.39, 0.29) is 18.7 Å². The number of allylic oxidation sites excluding steroid dienone is 1. The van der Waals surface area contributed by atoms with Gasteiger partial charge < -0.3 is 14.4 Å². The van der Waals surface area contributed by atoms with Gasteiger partial charge in [-0.3, -0.25) is 9.69 Å². The van der Waals surface area contributed by atoms with E-state index in [0.717, 1.165) is 72.6 Å². The topological polar surface area (TPSA) is 42.0 Å². The summed E-state index contributed by atoms with van der Waals surface area (Å²) in [5.41, 5.74) is 7.11. The molecule has 0 saturated carbocycles. The van der Waals surface area contributed by atoms with Crippen LogP contribution in [0.1, 0.15) is 86.2 Å². The van der Waals surface area contributed by atoms with Crippen LogP contribution in [0.5, 0.6) is 11.5 Å². The Morgan fingerprint density at radius 2 is 1.60 bits per heavy atom. The van der Waals surface area contributed by atoms with Crippen LogP contribution in [0.3, 0.4) is 0 Å². The monoisotopic (exact) mass is 578 g/mol. The third kappa shape index (κ3) is 7.51. The highest BCUT2D eigenvalue weighted by molar-refractivity contribution is 5.94. The molecule has 0 unspecified atom stereocenters. The fraction of sp³-hybridized carbons (Fsp3) is 0.447. The zero-order valence-corrected chi connectivity index (χ0v) is 25.7. The Balaban J connectivity index is 1.16. The Morgan fingerprint density at radius 1 is 0.860 bits per heavy atom. The fourth-order valence-electron chi connectivity index (χ4n) is 6.73. The van der Waals surface area contributed by atoms with Crippen molar-refractivity contribution in [1.82, 2.24) is 9.80 Å². The highest BCUT2D eigenvalue weighted by Crippen LogP contribution is 2.36. The van der Waals surface area contributed by atoms with Gasteiger partial charge in [-0.25, -0.2) is 0 Å². The average Bonchev–Trinajstić information content (AvgIpc) is 3.53. The van der Waals surface area contributed by atoms with Crippen molar-refractivity contribution in [3.8, 4) is 22.6 Å². The second-order valence-corrected chi connectivity index (χ2v) is 12.5. The number of ether oxygens (including phenoxy) is 2. The second kappa shape index (κ2) is 14.3. The van der Waals surface area contributed by atoms with E-state index in [1.165, 1.54) is 50.5 Å². The zero-order valence-electron chi connectivity index (χ0n) is 25.7. The van der Waals surface area contributed by atoms with Crippen molar-refractivity contribution < 1.29 is 14.3 Å². The number of carbonyl (C=O) groups is 1. The molecule has 2 heterocycles. The predicted octanol–water partition coefficient (Wildman–Crippen LogP) is 8.42. The maximum atomic E-state index is 14.1. The van der Waals surface area contributed by atoms with E-state index < -0.39 is 0 Å². The minimum atomic E-state index is 0.147. The first-order valence-electron chi connectivity index (χ1n) is 16.5. The molecule has 0 radical (unpaired) electrons. The lowest BCUT2D eigenvalue weighted by Crippen LogP contribution is -2.47. The molecule has 5 nitrogen and oxygen atoms in total.